The zero-order valence-corrected chi connectivity index (χ0v) is 24.0. The van der Waals surface area contributed by atoms with Gasteiger partial charge in [0.1, 0.15) is 18.8 Å². The molecule has 1 fully saturated rings. The Kier molecular flexibility index (Phi) is 17.9. The predicted molar refractivity (Wildman–Crippen MR) is 145 cm³/mol. The third-order valence-corrected chi connectivity index (χ3v) is 6.50. The standard InChI is InChI=1S/C23H41N5O13S/c1-3-5-36-7-9-38-11-12-39-10-8-37-6-4-26-23(32)41-20(17(31)14-29)21-19(27-15(2)30)16(28-22(24)25)13-18(40-21)42(33,34)35/h1,16-21,29,31H,4-14H2,2H3,(H,26,32)(H,27,30)(H4,24,25,28)(H,33,34,35)/t16-,17+,18+,19+,20+,21+/m0/s1. The van der Waals surface area contributed by atoms with Crippen molar-refractivity contribution in [2.24, 2.45) is 5.73 Å². The predicted octanol–water partition coefficient (Wildman–Crippen LogP) is -3.51. The number of carbonyl (C=O) groups excluding carboxylic acids is 2. The van der Waals surface area contributed by atoms with Crippen LogP contribution in [0.25, 0.3) is 0 Å². The number of aliphatic hydroxyl groups is 2. The lowest BCUT2D eigenvalue weighted by Gasteiger charge is -2.44. The Hall–Kier alpha value is -2.80. The highest BCUT2D eigenvalue weighted by Crippen LogP contribution is 2.28. The van der Waals surface area contributed by atoms with Gasteiger partial charge in [0, 0.05) is 19.9 Å². The van der Waals surface area contributed by atoms with Crippen molar-refractivity contribution in [2.75, 3.05) is 66.0 Å². The van der Waals surface area contributed by atoms with Crippen LogP contribution >= 0.6 is 0 Å². The van der Waals surface area contributed by atoms with Gasteiger partial charge in [0.25, 0.3) is 10.1 Å². The summed E-state index contributed by atoms with van der Waals surface area (Å²) in [6.45, 7) is 2.37. The van der Waals surface area contributed by atoms with Crippen LogP contribution in [-0.4, -0.2) is 143 Å². The zero-order valence-electron chi connectivity index (χ0n) is 23.2. The monoisotopic (exact) mass is 627 g/mol. The number of terminal acetylenes is 1. The largest absolute Gasteiger partial charge is 0.441 e. The SMILES string of the molecule is C#CCOCCOCCOCCOCCNC(=O)O[C@@H]([C@@H]1O[C@H](S(=O)(=O)O)C[C@H](NC(=N)N)[C@H]1NC(C)=O)[C@H](O)CO. The molecule has 42 heavy (non-hydrogen) atoms. The molecule has 242 valence electrons. The van der Waals surface area contributed by atoms with Crippen molar-refractivity contribution >= 4 is 28.1 Å². The van der Waals surface area contributed by atoms with E-state index in [0.29, 0.717) is 26.4 Å². The topological polar surface area (TPSA) is 270 Å². The molecule has 9 N–H and O–H groups in total. The van der Waals surface area contributed by atoms with E-state index < -0.39 is 76.9 Å². The third kappa shape index (κ3) is 14.9. The number of alkyl carbamates (subject to hydrolysis) is 1. The fourth-order valence-electron chi connectivity index (χ4n) is 3.79. The van der Waals surface area contributed by atoms with Gasteiger partial charge in [-0.15, -0.1) is 6.42 Å². The summed E-state index contributed by atoms with van der Waals surface area (Å²) in [4.78, 5) is 24.4. The molecule has 0 radical (unpaired) electrons. The summed E-state index contributed by atoms with van der Waals surface area (Å²) in [5, 5.41) is 34.8. The summed E-state index contributed by atoms with van der Waals surface area (Å²) >= 11 is 0. The maximum absolute atomic E-state index is 12.5. The normalized spacial score (nSPS) is 21.9. The van der Waals surface area contributed by atoms with Crippen molar-refractivity contribution < 1.29 is 61.2 Å². The van der Waals surface area contributed by atoms with Crippen LogP contribution in [0.5, 0.6) is 0 Å². The number of hydrogen-bond acceptors (Lipinski definition) is 13. The molecule has 0 unspecified atom stereocenters. The quantitative estimate of drug-likeness (QED) is 0.0214. The molecule has 0 aliphatic carbocycles. The lowest BCUT2D eigenvalue weighted by atomic mass is 9.90. The first-order valence-electron chi connectivity index (χ1n) is 12.9. The Morgan fingerprint density at radius 3 is 2.17 bits per heavy atom. The van der Waals surface area contributed by atoms with Crippen molar-refractivity contribution in [1.82, 2.24) is 16.0 Å². The van der Waals surface area contributed by atoms with Gasteiger partial charge in [0.05, 0.1) is 64.9 Å². The molecule has 0 saturated carbocycles. The lowest BCUT2D eigenvalue weighted by molar-refractivity contribution is -0.149. The van der Waals surface area contributed by atoms with Gasteiger partial charge in [0.2, 0.25) is 5.91 Å². The summed E-state index contributed by atoms with van der Waals surface area (Å²) in [7, 11) is -4.84. The Morgan fingerprint density at radius 2 is 1.67 bits per heavy atom. The number of rotatable bonds is 20. The highest BCUT2D eigenvalue weighted by atomic mass is 32.2. The minimum Gasteiger partial charge on any atom is -0.441 e. The molecular weight excluding hydrogens is 586 g/mol. The van der Waals surface area contributed by atoms with E-state index in [2.05, 4.69) is 21.9 Å². The van der Waals surface area contributed by atoms with Crippen LogP contribution in [-0.2, 0) is 43.3 Å². The van der Waals surface area contributed by atoms with Crippen LogP contribution in [0.4, 0.5) is 4.79 Å². The van der Waals surface area contributed by atoms with Crippen molar-refractivity contribution in [1.29, 1.82) is 5.41 Å². The molecule has 0 bridgehead atoms. The first kappa shape index (κ1) is 37.2. The van der Waals surface area contributed by atoms with Gasteiger partial charge in [-0.3, -0.25) is 14.8 Å². The Balaban J connectivity index is 2.64. The van der Waals surface area contributed by atoms with Crippen LogP contribution < -0.4 is 21.7 Å². The summed E-state index contributed by atoms with van der Waals surface area (Å²) in [6.07, 6.45) is -1.67. The van der Waals surface area contributed by atoms with Crippen LogP contribution in [0.1, 0.15) is 13.3 Å². The van der Waals surface area contributed by atoms with E-state index in [9.17, 15) is 32.8 Å². The van der Waals surface area contributed by atoms with Gasteiger partial charge in [-0.05, 0) is 0 Å². The maximum Gasteiger partial charge on any atom is 0.407 e. The number of guanidine groups is 1. The number of nitrogens with one attached hydrogen (secondary N) is 4. The minimum atomic E-state index is -4.84. The molecule has 2 amide bonds. The van der Waals surface area contributed by atoms with E-state index in [0.717, 1.165) is 6.92 Å². The summed E-state index contributed by atoms with van der Waals surface area (Å²) in [5.41, 5.74) is 3.49. The van der Waals surface area contributed by atoms with E-state index in [1.165, 1.54) is 0 Å². The molecule has 1 aliphatic heterocycles. The average Bonchev–Trinajstić information content (AvgIpc) is 2.91. The van der Waals surface area contributed by atoms with Crippen LogP contribution in [0.15, 0.2) is 0 Å². The van der Waals surface area contributed by atoms with Crippen molar-refractivity contribution in [2.45, 2.75) is 49.2 Å². The van der Waals surface area contributed by atoms with E-state index in [1.54, 1.807) is 0 Å². The molecule has 0 aromatic heterocycles. The number of aliphatic hydroxyl groups excluding tert-OH is 2. The molecule has 0 spiro atoms. The van der Waals surface area contributed by atoms with Gasteiger partial charge >= 0.3 is 6.09 Å². The Morgan fingerprint density at radius 1 is 1.10 bits per heavy atom. The molecule has 1 aliphatic rings. The Bertz CT molecular complexity index is 980. The van der Waals surface area contributed by atoms with Gasteiger partial charge in [-0.2, -0.15) is 8.42 Å². The van der Waals surface area contributed by atoms with Crippen LogP contribution in [0.2, 0.25) is 0 Å². The minimum absolute atomic E-state index is 0.0373. The van der Waals surface area contributed by atoms with Gasteiger partial charge in [-0.25, -0.2) is 4.79 Å². The van der Waals surface area contributed by atoms with E-state index in [4.69, 9.17) is 46.0 Å². The van der Waals surface area contributed by atoms with Gasteiger partial charge in [0.15, 0.2) is 17.5 Å². The second-order valence-corrected chi connectivity index (χ2v) is 10.4. The fourth-order valence-corrected chi connectivity index (χ4v) is 4.51. The van der Waals surface area contributed by atoms with E-state index in [-0.39, 0.29) is 33.0 Å². The lowest BCUT2D eigenvalue weighted by Crippen LogP contribution is -2.68. The van der Waals surface area contributed by atoms with Crippen LogP contribution in [0.3, 0.4) is 0 Å². The molecule has 19 heteroatoms. The fraction of sp³-hybridized carbons (Fsp3) is 0.783. The summed E-state index contributed by atoms with van der Waals surface area (Å²) in [6, 6.07) is -2.34. The van der Waals surface area contributed by atoms with E-state index in [1.807, 2.05) is 0 Å². The molecule has 18 nitrogen and oxygen atoms in total. The number of nitrogens with two attached hydrogens (primary N) is 1. The number of carbonyl (C=O) groups is 2. The van der Waals surface area contributed by atoms with Crippen molar-refractivity contribution in [3.8, 4) is 12.3 Å². The number of amides is 2. The highest BCUT2D eigenvalue weighted by molar-refractivity contribution is 7.86. The van der Waals surface area contributed by atoms with Crippen molar-refractivity contribution in [3.63, 3.8) is 0 Å². The number of hydrogen-bond donors (Lipinski definition) is 8. The van der Waals surface area contributed by atoms with Crippen molar-refractivity contribution in [3.05, 3.63) is 0 Å². The molecule has 1 rings (SSSR count). The molecule has 0 aromatic carbocycles. The first-order chi connectivity index (χ1) is 19.9. The summed E-state index contributed by atoms with van der Waals surface area (Å²) < 4.78 is 65.1. The zero-order chi connectivity index (χ0) is 31.5. The second kappa shape index (κ2) is 20.2. The summed E-state index contributed by atoms with van der Waals surface area (Å²) in [5.74, 6) is 1.13. The molecule has 1 heterocycles. The smallest absolute Gasteiger partial charge is 0.407 e. The molecule has 0 aromatic rings. The molecular formula is C23H41N5O13S. The molecule has 1 saturated heterocycles. The maximum atomic E-state index is 12.5. The van der Waals surface area contributed by atoms with Gasteiger partial charge in [-0.1, -0.05) is 5.92 Å². The van der Waals surface area contributed by atoms with Crippen LogP contribution in [0, 0.1) is 17.8 Å². The third-order valence-electron chi connectivity index (χ3n) is 5.54. The first-order valence-corrected chi connectivity index (χ1v) is 14.4. The molecule has 6 atom stereocenters. The second-order valence-electron chi connectivity index (χ2n) is 8.81. The van der Waals surface area contributed by atoms with Gasteiger partial charge < -0.3 is 60.3 Å². The van der Waals surface area contributed by atoms with E-state index >= 15 is 0 Å². The Labute approximate surface area is 244 Å². The number of ether oxygens (including phenoxy) is 6. The highest BCUT2D eigenvalue weighted by Gasteiger charge is 2.50. The average molecular weight is 628 g/mol.